The number of halogens is 1. The van der Waals surface area contributed by atoms with Crippen molar-refractivity contribution in [1.29, 1.82) is 0 Å². The number of aliphatic hydroxyl groups is 1. The van der Waals surface area contributed by atoms with Crippen molar-refractivity contribution in [2.24, 2.45) is 0 Å². The molecule has 4 aromatic rings. The number of ketones is 1. The molecule has 0 aliphatic carbocycles. The summed E-state index contributed by atoms with van der Waals surface area (Å²) >= 11 is 8.94. The fraction of sp³-hybridized carbons (Fsp3) is 0.226. The fourth-order valence-electron chi connectivity index (χ4n) is 5.10. The van der Waals surface area contributed by atoms with E-state index in [-0.39, 0.29) is 22.6 Å². The van der Waals surface area contributed by atoms with Crippen LogP contribution in [0.25, 0.3) is 5.76 Å². The van der Waals surface area contributed by atoms with Crippen LogP contribution in [0, 0.1) is 0 Å². The Balaban J connectivity index is 1.39. The first-order chi connectivity index (χ1) is 20.3. The molecular weight excluding hydrogens is 594 g/mol. The SMILES string of the molecule is CCOc1ccc(C2/C(=C(\O)c3ccc4c(c3)CC(C)O4)C(=O)C(=O)N2c2nnc(SCc3ccccc3Cl)s2)cc1. The van der Waals surface area contributed by atoms with Crippen LogP contribution in [0.3, 0.4) is 0 Å². The molecule has 0 spiro atoms. The van der Waals surface area contributed by atoms with Gasteiger partial charge in [0.15, 0.2) is 4.34 Å². The summed E-state index contributed by atoms with van der Waals surface area (Å²) in [4.78, 5) is 28.5. The summed E-state index contributed by atoms with van der Waals surface area (Å²) in [7, 11) is 0. The number of rotatable bonds is 8. The molecule has 1 amide bonds. The van der Waals surface area contributed by atoms with Crippen molar-refractivity contribution in [3.8, 4) is 11.5 Å². The Hall–Kier alpha value is -3.86. The van der Waals surface area contributed by atoms with Crippen LogP contribution >= 0.6 is 34.7 Å². The molecule has 1 fully saturated rings. The van der Waals surface area contributed by atoms with E-state index in [4.69, 9.17) is 21.1 Å². The Bertz CT molecular complexity index is 1700. The van der Waals surface area contributed by atoms with E-state index in [1.54, 1.807) is 36.4 Å². The molecule has 1 saturated heterocycles. The predicted molar refractivity (Wildman–Crippen MR) is 164 cm³/mol. The van der Waals surface area contributed by atoms with Gasteiger partial charge in [-0.2, -0.15) is 0 Å². The Kier molecular flexibility index (Phi) is 7.94. The second-order valence-electron chi connectivity index (χ2n) is 9.86. The number of thioether (sulfide) groups is 1. The number of carbonyl (C=O) groups excluding carboxylic acids is 2. The molecule has 11 heteroatoms. The smallest absolute Gasteiger partial charge is 0.301 e. The lowest BCUT2D eigenvalue weighted by Gasteiger charge is -2.22. The third-order valence-electron chi connectivity index (χ3n) is 7.03. The van der Waals surface area contributed by atoms with Gasteiger partial charge in [0.2, 0.25) is 5.13 Å². The van der Waals surface area contributed by atoms with Gasteiger partial charge in [-0.3, -0.25) is 14.5 Å². The first-order valence-electron chi connectivity index (χ1n) is 13.4. The lowest BCUT2D eigenvalue weighted by molar-refractivity contribution is -0.132. The Labute approximate surface area is 255 Å². The largest absolute Gasteiger partial charge is 0.507 e. The summed E-state index contributed by atoms with van der Waals surface area (Å²) in [6.07, 6.45) is 0.709. The van der Waals surface area contributed by atoms with Crippen molar-refractivity contribution in [3.05, 3.63) is 99.6 Å². The molecule has 3 heterocycles. The van der Waals surface area contributed by atoms with E-state index in [0.717, 1.165) is 16.9 Å². The van der Waals surface area contributed by atoms with Crippen LogP contribution in [-0.4, -0.2) is 39.7 Å². The Morgan fingerprint density at radius 2 is 1.93 bits per heavy atom. The van der Waals surface area contributed by atoms with Gasteiger partial charge in [-0.15, -0.1) is 10.2 Å². The van der Waals surface area contributed by atoms with Crippen LogP contribution in [0.4, 0.5) is 5.13 Å². The second-order valence-corrected chi connectivity index (χ2v) is 12.4. The quantitative estimate of drug-likeness (QED) is 0.0753. The molecule has 2 atom stereocenters. The number of aromatic nitrogens is 2. The number of carbonyl (C=O) groups is 2. The highest BCUT2D eigenvalue weighted by molar-refractivity contribution is 8.00. The average Bonchev–Trinajstić information content (AvgIpc) is 3.67. The Morgan fingerprint density at radius 3 is 2.69 bits per heavy atom. The molecule has 2 aliphatic rings. The highest BCUT2D eigenvalue weighted by Gasteiger charge is 2.48. The molecular formula is C31H26ClN3O5S2. The van der Waals surface area contributed by atoms with E-state index in [1.807, 2.05) is 44.2 Å². The number of anilines is 1. The van der Waals surface area contributed by atoms with Crippen molar-refractivity contribution in [3.63, 3.8) is 0 Å². The zero-order chi connectivity index (χ0) is 29.4. The summed E-state index contributed by atoms with van der Waals surface area (Å²) < 4.78 is 12.0. The van der Waals surface area contributed by atoms with Gasteiger partial charge in [0.25, 0.3) is 5.78 Å². The average molecular weight is 620 g/mol. The van der Waals surface area contributed by atoms with E-state index in [0.29, 0.717) is 45.0 Å². The van der Waals surface area contributed by atoms with E-state index in [9.17, 15) is 14.7 Å². The maximum absolute atomic E-state index is 13.6. The summed E-state index contributed by atoms with van der Waals surface area (Å²) in [5.41, 5.74) is 2.93. The molecule has 1 aromatic heterocycles. The minimum Gasteiger partial charge on any atom is -0.507 e. The number of ether oxygens (including phenoxy) is 2. The van der Waals surface area contributed by atoms with Gasteiger partial charge in [0, 0.05) is 22.8 Å². The molecule has 2 aliphatic heterocycles. The molecule has 0 radical (unpaired) electrons. The van der Waals surface area contributed by atoms with Crippen molar-refractivity contribution < 1.29 is 24.2 Å². The second kappa shape index (κ2) is 11.8. The lowest BCUT2D eigenvalue weighted by Crippen LogP contribution is -2.29. The van der Waals surface area contributed by atoms with Crippen LogP contribution in [0.15, 0.2) is 76.6 Å². The molecule has 6 rings (SSSR count). The predicted octanol–water partition coefficient (Wildman–Crippen LogP) is 6.83. The van der Waals surface area contributed by atoms with E-state index in [2.05, 4.69) is 10.2 Å². The normalized spacial score (nSPS) is 19.2. The fourth-order valence-corrected chi connectivity index (χ4v) is 7.25. The molecule has 1 N–H and O–H groups in total. The van der Waals surface area contributed by atoms with E-state index < -0.39 is 17.7 Å². The van der Waals surface area contributed by atoms with E-state index in [1.165, 1.54) is 28.0 Å². The number of nitrogens with zero attached hydrogens (tertiary/aromatic N) is 3. The van der Waals surface area contributed by atoms with Crippen LogP contribution in [0.5, 0.6) is 11.5 Å². The molecule has 8 nitrogen and oxygen atoms in total. The molecule has 0 saturated carbocycles. The summed E-state index contributed by atoms with van der Waals surface area (Å²) in [6.45, 7) is 4.36. The maximum atomic E-state index is 13.6. The van der Waals surface area contributed by atoms with E-state index >= 15 is 0 Å². The van der Waals surface area contributed by atoms with Gasteiger partial charge in [-0.25, -0.2) is 0 Å². The standard InChI is InChI=1S/C31H26ClN3O5S2/c1-3-39-22-11-8-18(9-12-22)26-25(27(36)19-10-13-24-21(15-19)14-17(2)40-24)28(37)29(38)35(26)30-33-34-31(42-30)41-16-20-6-4-5-7-23(20)32/h4-13,15,17,26,36H,3,14,16H2,1-2H3/b27-25+. The topological polar surface area (TPSA) is 102 Å². The number of Topliss-reactive ketones (excluding diaryl/α,β-unsaturated/α-hetero) is 1. The number of amides is 1. The molecule has 42 heavy (non-hydrogen) atoms. The van der Waals surface area contributed by atoms with Gasteiger partial charge in [0.05, 0.1) is 18.2 Å². The van der Waals surface area contributed by atoms with Crippen LogP contribution in [0.1, 0.15) is 42.1 Å². The maximum Gasteiger partial charge on any atom is 0.301 e. The summed E-state index contributed by atoms with van der Waals surface area (Å²) in [6, 6.07) is 19.0. The first kappa shape index (κ1) is 28.3. The minimum absolute atomic E-state index is 0.0171. The van der Waals surface area contributed by atoms with Crippen molar-refractivity contribution in [2.75, 3.05) is 11.5 Å². The van der Waals surface area contributed by atoms with Crippen molar-refractivity contribution in [2.45, 2.75) is 42.5 Å². The van der Waals surface area contributed by atoms with Crippen LogP contribution < -0.4 is 14.4 Å². The summed E-state index contributed by atoms with van der Waals surface area (Å²) in [5, 5.41) is 21.0. The molecule has 0 bridgehead atoms. The van der Waals surface area contributed by atoms with Crippen molar-refractivity contribution >= 4 is 57.3 Å². The highest BCUT2D eigenvalue weighted by atomic mass is 35.5. The zero-order valence-electron chi connectivity index (χ0n) is 22.7. The van der Waals surface area contributed by atoms with Crippen LogP contribution in [0.2, 0.25) is 5.02 Å². The van der Waals surface area contributed by atoms with Crippen molar-refractivity contribution in [1.82, 2.24) is 10.2 Å². The number of fused-ring (bicyclic) bond motifs is 1. The summed E-state index contributed by atoms with van der Waals surface area (Å²) in [5.74, 6) is 0.133. The first-order valence-corrected chi connectivity index (χ1v) is 15.6. The zero-order valence-corrected chi connectivity index (χ0v) is 25.1. The lowest BCUT2D eigenvalue weighted by atomic mass is 9.94. The van der Waals surface area contributed by atoms with Gasteiger partial charge < -0.3 is 14.6 Å². The Morgan fingerprint density at radius 1 is 1.14 bits per heavy atom. The number of benzene rings is 3. The monoisotopic (exact) mass is 619 g/mol. The molecule has 2 unspecified atom stereocenters. The molecule has 214 valence electrons. The van der Waals surface area contributed by atoms with Gasteiger partial charge in [-0.05, 0) is 66.9 Å². The van der Waals surface area contributed by atoms with Crippen LogP contribution in [-0.2, 0) is 21.8 Å². The highest BCUT2D eigenvalue weighted by Crippen LogP contribution is 2.45. The van der Waals surface area contributed by atoms with Gasteiger partial charge in [0.1, 0.15) is 23.4 Å². The number of hydrogen-bond donors (Lipinski definition) is 1. The van der Waals surface area contributed by atoms with Gasteiger partial charge >= 0.3 is 5.91 Å². The minimum atomic E-state index is -0.918. The number of aliphatic hydroxyl groups excluding tert-OH is 1. The number of hydrogen-bond acceptors (Lipinski definition) is 9. The third kappa shape index (κ3) is 5.37. The van der Waals surface area contributed by atoms with Gasteiger partial charge in [-0.1, -0.05) is 65.0 Å². The third-order valence-corrected chi connectivity index (χ3v) is 9.50. The molecule has 3 aromatic carbocycles.